The molecule has 2 N–H and O–H groups in total. The lowest BCUT2D eigenvalue weighted by molar-refractivity contribution is 0.0252. The maximum atomic E-state index is 6.18. The van der Waals surface area contributed by atoms with Crippen molar-refractivity contribution in [3.8, 4) is 11.5 Å². The van der Waals surface area contributed by atoms with E-state index in [0.717, 1.165) is 11.1 Å². The SMILES string of the molecule is COc1cc2nc(N3CCOC(c4ccco4)C3)nc(N)c2cc1OC. The molecule has 26 heavy (non-hydrogen) atoms. The van der Waals surface area contributed by atoms with Gasteiger partial charge >= 0.3 is 0 Å². The molecule has 1 unspecified atom stereocenters. The summed E-state index contributed by atoms with van der Waals surface area (Å²) in [6.07, 6.45) is 1.48. The van der Waals surface area contributed by atoms with E-state index in [2.05, 4.69) is 9.97 Å². The molecule has 1 atom stereocenters. The van der Waals surface area contributed by atoms with Crippen molar-refractivity contribution in [2.45, 2.75) is 6.10 Å². The lowest BCUT2D eigenvalue weighted by Crippen LogP contribution is -2.39. The average Bonchev–Trinajstić information content (AvgIpc) is 3.22. The molecule has 1 saturated heterocycles. The highest BCUT2D eigenvalue weighted by atomic mass is 16.5. The van der Waals surface area contributed by atoms with Gasteiger partial charge in [0.2, 0.25) is 5.95 Å². The molecule has 1 aromatic carbocycles. The number of anilines is 2. The number of rotatable bonds is 4. The van der Waals surface area contributed by atoms with Crippen molar-refractivity contribution in [2.75, 3.05) is 44.5 Å². The molecule has 0 radical (unpaired) electrons. The third kappa shape index (κ3) is 2.88. The van der Waals surface area contributed by atoms with Crippen LogP contribution < -0.4 is 20.1 Å². The third-order valence-corrected chi connectivity index (χ3v) is 4.43. The Kier molecular flexibility index (Phi) is 4.26. The summed E-state index contributed by atoms with van der Waals surface area (Å²) in [7, 11) is 3.17. The number of furan rings is 1. The molecule has 0 spiro atoms. The van der Waals surface area contributed by atoms with Gasteiger partial charge in [0.15, 0.2) is 11.5 Å². The molecule has 3 aromatic rings. The van der Waals surface area contributed by atoms with Crippen LogP contribution in [-0.2, 0) is 4.74 Å². The number of nitrogens with zero attached hydrogens (tertiary/aromatic N) is 3. The molecule has 0 amide bonds. The minimum Gasteiger partial charge on any atom is -0.493 e. The van der Waals surface area contributed by atoms with E-state index in [4.69, 9.17) is 24.4 Å². The van der Waals surface area contributed by atoms with Gasteiger partial charge < -0.3 is 29.3 Å². The first-order valence-corrected chi connectivity index (χ1v) is 8.29. The Morgan fingerprint density at radius 2 is 2.00 bits per heavy atom. The fourth-order valence-corrected chi connectivity index (χ4v) is 3.09. The number of hydrogen-bond acceptors (Lipinski definition) is 8. The van der Waals surface area contributed by atoms with E-state index < -0.39 is 0 Å². The zero-order valence-corrected chi connectivity index (χ0v) is 14.6. The molecule has 4 rings (SSSR count). The maximum Gasteiger partial charge on any atom is 0.228 e. The molecular weight excluding hydrogens is 336 g/mol. The average molecular weight is 356 g/mol. The van der Waals surface area contributed by atoms with E-state index in [1.807, 2.05) is 17.0 Å². The van der Waals surface area contributed by atoms with Crippen molar-refractivity contribution in [3.63, 3.8) is 0 Å². The van der Waals surface area contributed by atoms with Gasteiger partial charge in [-0.2, -0.15) is 4.98 Å². The summed E-state index contributed by atoms with van der Waals surface area (Å²) in [5.74, 6) is 2.93. The van der Waals surface area contributed by atoms with Crippen molar-refractivity contribution in [1.82, 2.24) is 9.97 Å². The number of aromatic nitrogens is 2. The molecule has 1 fully saturated rings. The van der Waals surface area contributed by atoms with Crippen molar-refractivity contribution in [1.29, 1.82) is 0 Å². The lowest BCUT2D eigenvalue weighted by atomic mass is 10.2. The highest BCUT2D eigenvalue weighted by Crippen LogP contribution is 2.34. The predicted molar refractivity (Wildman–Crippen MR) is 96.7 cm³/mol. The smallest absolute Gasteiger partial charge is 0.228 e. The number of nitrogens with two attached hydrogens (primary N) is 1. The molecule has 0 bridgehead atoms. The molecule has 3 heterocycles. The second-order valence-electron chi connectivity index (χ2n) is 5.95. The summed E-state index contributed by atoms with van der Waals surface area (Å²) in [6, 6.07) is 7.35. The molecule has 0 saturated carbocycles. The number of nitrogen functional groups attached to an aromatic ring is 1. The summed E-state index contributed by atoms with van der Waals surface area (Å²) < 4.78 is 22.0. The first kappa shape index (κ1) is 16.5. The Morgan fingerprint density at radius 3 is 2.73 bits per heavy atom. The predicted octanol–water partition coefficient (Wildman–Crippen LogP) is 2.40. The quantitative estimate of drug-likeness (QED) is 0.761. The normalized spacial score (nSPS) is 17.5. The van der Waals surface area contributed by atoms with E-state index in [9.17, 15) is 0 Å². The van der Waals surface area contributed by atoms with Crippen LogP contribution in [0.4, 0.5) is 11.8 Å². The van der Waals surface area contributed by atoms with Gasteiger partial charge in [-0.15, -0.1) is 0 Å². The van der Waals surface area contributed by atoms with Gasteiger partial charge in [0.05, 0.1) is 39.2 Å². The largest absolute Gasteiger partial charge is 0.493 e. The van der Waals surface area contributed by atoms with Gasteiger partial charge in [0.25, 0.3) is 0 Å². The van der Waals surface area contributed by atoms with Crippen molar-refractivity contribution in [2.24, 2.45) is 0 Å². The summed E-state index contributed by atoms with van der Waals surface area (Å²) in [6.45, 7) is 1.82. The van der Waals surface area contributed by atoms with Crippen LogP contribution in [0.25, 0.3) is 10.9 Å². The Labute approximate surface area is 150 Å². The standard InChI is InChI=1S/C18H20N4O4/c1-23-14-8-11-12(9-15(14)24-2)20-18(21-17(11)19)22-5-7-26-16(10-22)13-4-3-6-25-13/h3-4,6,8-9,16H,5,7,10H2,1-2H3,(H2,19,20,21). The number of benzene rings is 1. The van der Waals surface area contributed by atoms with Crippen LogP contribution in [0.3, 0.4) is 0 Å². The second kappa shape index (κ2) is 6.72. The van der Waals surface area contributed by atoms with Gasteiger partial charge in [0, 0.05) is 18.0 Å². The third-order valence-electron chi connectivity index (χ3n) is 4.43. The van der Waals surface area contributed by atoms with E-state index in [-0.39, 0.29) is 6.10 Å². The highest BCUT2D eigenvalue weighted by molar-refractivity contribution is 5.91. The lowest BCUT2D eigenvalue weighted by Gasteiger charge is -2.32. The second-order valence-corrected chi connectivity index (χ2v) is 5.95. The number of ether oxygens (including phenoxy) is 3. The molecule has 2 aromatic heterocycles. The van der Waals surface area contributed by atoms with Gasteiger partial charge in [-0.3, -0.25) is 0 Å². The Morgan fingerprint density at radius 1 is 1.19 bits per heavy atom. The van der Waals surface area contributed by atoms with E-state index in [1.54, 1.807) is 32.6 Å². The molecule has 8 nitrogen and oxygen atoms in total. The van der Waals surface area contributed by atoms with Crippen molar-refractivity contribution < 1.29 is 18.6 Å². The molecule has 8 heteroatoms. The minimum atomic E-state index is -0.162. The van der Waals surface area contributed by atoms with Crippen LogP contribution in [0.15, 0.2) is 34.9 Å². The van der Waals surface area contributed by atoms with Crippen molar-refractivity contribution >= 4 is 22.7 Å². The van der Waals surface area contributed by atoms with Crippen LogP contribution >= 0.6 is 0 Å². The van der Waals surface area contributed by atoms with Gasteiger partial charge in [-0.05, 0) is 18.2 Å². The van der Waals surface area contributed by atoms with Gasteiger partial charge in [-0.25, -0.2) is 4.98 Å². The fourth-order valence-electron chi connectivity index (χ4n) is 3.09. The molecule has 136 valence electrons. The van der Waals surface area contributed by atoms with Crippen LogP contribution in [0.2, 0.25) is 0 Å². The number of fused-ring (bicyclic) bond motifs is 1. The molecular formula is C18H20N4O4. The Hall–Kier alpha value is -3.00. The zero-order valence-electron chi connectivity index (χ0n) is 14.6. The number of morpholine rings is 1. The van der Waals surface area contributed by atoms with Crippen LogP contribution in [-0.4, -0.2) is 43.9 Å². The van der Waals surface area contributed by atoms with Crippen molar-refractivity contribution in [3.05, 3.63) is 36.3 Å². The van der Waals surface area contributed by atoms with E-state index in [0.29, 0.717) is 48.5 Å². The maximum absolute atomic E-state index is 6.18. The summed E-state index contributed by atoms with van der Waals surface area (Å²) in [4.78, 5) is 11.2. The Bertz CT molecular complexity index is 913. The highest BCUT2D eigenvalue weighted by Gasteiger charge is 2.26. The Balaban J connectivity index is 1.70. The van der Waals surface area contributed by atoms with Gasteiger partial charge in [0.1, 0.15) is 17.7 Å². The summed E-state index contributed by atoms with van der Waals surface area (Å²) >= 11 is 0. The molecule has 1 aliphatic heterocycles. The first-order chi connectivity index (χ1) is 12.7. The van der Waals surface area contributed by atoms with E-state index >= 15 is 0 Å². The topological polar surface area (TPSA) is 95.9 Å². The van der Waals surface area contributed by atoms with E-state index in [1.165, 1.54) is 0 Å². The molecule has 0 aliphatic carbocycles. The van der Waals surface area contributed by atoms with Crippen LogP contribution in [0.1, 0.15) is 11.9 Å². The summed E-state index contributed by atoms with van der Waals surface area (Å²) in [5, 5.41) is 0.724. The van der Waals surface area contributed by atoms with Gasteiger partial charge in [-0.1, -0.05) is 0 Å². The molecule has 1 aliphatic rings. The first-order valence-electron chi connectivity index (χ1n) is 8.29. The van der Waals surface area contributed by atoms with Crippen LogP contribution in [0.5, 0.6) is 11.5 Å². The zero-order chi connectivity index (χ0) is 18.1. The van der Waals surface area contributed by atoms with Crippen LogP contribution in [0, 0.1) is 0 Å². The number of methoxy groups -OCH3 is 2. The minimum absolute atomic E-state index is 0.162. The summed E-state index contributed by atoms with van der Waals surface area (Å²) in [5.41, 5.74) is 6.88. The number of hydrogen-bond donors (Lipinski definition) is 1. The monoisotopic (exact) mass is 356 g/mol. The fraction of sp³-hybridized carbons (Fsp3) is 0.333.